The second-order valence-electron chi connectivity index (χ2n) is 7.80. The maximum Gasteiger partial charge on any atom is 0.278 e. The van der Waals surface area contributed by atoms with E-state index in [4.69, 9.17) is 4.74 Å². The van der Waals surface area contributed by atoms with Gasteiger partial charge in [0.05, 0.1) is 39.0 Å². The number of para-hydroxylation sites is 2. The van der Waals surface area contributed by atoms with Crippen LogP contribution in [0.15, 0.2) is 54.6 Å². The fourth-order valence-corrected chi connectivity index (χ4v) is 4.14. The van der Waals surface area contributed by atoms with E-state index in [2.05, 4.69) is 47.5 Å². The standard InChI is InChI=1S/C24H33N3O2/c1-4-20(21-10-6-5-7-11-21)18-25-24(28)19(2)26-14-16-27(17-15-26)22-12-8-9-13-23(22)29-3/h5-13,19-20H,4,14-18H2,1-3H3,(H,25,28)/p+1/t19-,20+/m0/s1. The van der Waals surface area contributed by atoms with Crippen molar-refractivity contribution < 1.29 is 14.4 Å². The number of amides is 1. The maximum atomic E-state index is 12.8. The molecule has 1 fully saturated rings. The van der Waals surface area contributed by atoms with Crippen molar-refractivity contribution >= 4 is 11.6 Å². The van der Waals surface area contributed by atoms with Gasteiger partial charge >= 0.3 is 0 Å². The number of anilines is 1. The number of quaternary nitrogens is 1. The van der Waals surface area contributed by atoms with Crippen molar-refractivity contribution in [3.05, 3.63) is 60.2 Å². The van der Waals surface area contributed by atoms with E-state index in [1.54, 1.807) is 7.11 Å². The highest BCUT2D eigenvalue weighted by atomic mass is 16.5. The van der Waals surface area contributed by atoms with Gasteiger partial charge in [0.2, 0.25) is 0 Å². The first-order valence-corrected chi connectivity index (χ1v) is 10.7. The molecule has 156 valence electrons. The molecule has 0 saturated carbocycles. The zero-order chi connectivity index (χ0) is 20.6. The van der Waals surface area contributed by atoms with Crippen LogP contribution in [-0.4, -0.2) is 51.8 Å². The van der Waals surface area contributed by atoms with E-state index in [-0.39, 0.29) is 11.9 Å². The summed E-state index contributed by atoms with van der Waals surface area (Å²) in [4.78, 5) is 16.5. The number of rotatable bonds is 8. The summed E-state index contributed by atoms with van der Waals surface area (Å²) in [7, 11) is 1.71. The van der Waals surface area contributed by atoms with E-state index in [9.17, 15) is 4.79 Å². The highest BCUT2D eigenvalue weighted by Gasteiger charge is 2.30. The molecule has 2 aromatic rings. The van der Waals surface area contributed by atoms with Crippen LogP contribution in [0.5, 0.6) is 5.75 Å². The van der Waals surface area contributed by atoms with Gasteiger partial charge in [-0.15, -0.1) is 0 Å². The second-order valence-corrected chi connectivity index (χ2v) is 7.80. The number of piperazine rings is 1. The lowest BCUT2D eigenvalue weighted by molar-refractivity contribution is -0.914. The molecule has 0 bridgehead atoms. The van der Waals surface area contributed by atoms with Crippen molar-refractivity contribution in [2.45, 2.75) is 32.2 Å². The van der Waals surface area contributed by atoms with Crippen LogP contribution in [0, 0.1) is 0 Å². The Kier molecular flexibility index (Phi) is 7.53. The lowest BCUT2D eigenvalue weighted by Gasteiger charge is -2.36. The van der Waals surface area contributed by atoms with Crippen molar-refractivity contribution in [3.63, 3.8) is 0 Å². The molecule has 5 heteroatoms. The molecule has 0 spiro atoms. The first-order chi connectivity index (χ1) is 14.1. The molecule has 29 heavy (non-hydrogen) atoms. The van der Waals surface area contributed by atoms with Gasteiger partial charge in [-0.2, -0.15) is 0 Å². The number of hydrogen-bond acceptors (Lipinski definition) is 3. The van der Waals surface area contributed by atoms with Crippen LogP contribution in [-0.2, 0) is 4.79 Å². The highest BCUT2D eigenvalue weighted by Crippen LogP contribution is 2.27. The number of carbonyl (C=O) groups is 1. The Labute approximate surface area is 174 Å². The molecular weight excluding hydrogens is 362 g/mol. The second kappa shape index (κ2) is 10.3. The fraction of sp³-hybridized carbons (Fsp3) is 0.458. The third kappa shape index (κ3) is 5.30. The number of ether oxygens (including phenoxy) is 1. The third-order valence-electron chi connectivity index (χ3n) is 6.12. The van der Waals surface area contributed by atoms with Crippen molar-refractivity contribution in [3.8, 4) is 5.75 Å². The normalized spacial score (nSPS) is 16.9. The Balaban J connectivity index is 1.51. The monoisotopic (exact) mass is 396 g/mol. The van der Waals surface area contributed by atoms with Crippen molar-refractivity contribution in [2.75, 3.05) is 44.7 Å². The first-order valence-electron chi connectivity index (χ1n) is 10.7. The molecule has 2 N–H and O–H groups in total. The zero-order valence-corrected chi connectivity index (χ0v) is 17.9. The number of carbonyl (C=O) groups excluding carboxylic acids is 1. The van der Waals surface area contributed by atoms with Gasteiger partial charge in [-0.05, 0) is 31.0 Å². The predicted molar refractivity (Wildman–Crippen MR) is 118 cm³/mol. The summed E-state index contributed by atoms with van der Waals surface area (Å²) >= 11 is 0. The van der Waals surface area contributed by atoms with Crippen molar-refractivity contribution in [2.24, 2.45) is 0 Å². The number of nitrogens with one attached hydrogen (secondary N) is 2. The molecular formula is C24H34N3O2+. The minimum Gasteiger partial charge on any atom is -0.495 e. The summed E-state index contributed by atoms with van der Waals surface area (Å²) in [5, 5.41) is 3.20. The van der Waals surface area contributed by atoms with E-state index >= 15 is 0 Å². The van der Waals surface area contributed by atoms with Gasteiger partial charge in [-0.25, -0.2) is 0 Å². The number of methoxy groups -OCH3 is 1. The smallest absolute Gasteiger partial charge is 0.278 e. The van der Waals surface area contributed by atoms with Crippen LogP contribution in [0.2, 0.25) is 0 Å². The van der Waals surface area contributed by atoms with Gasteiger partial charge in [-0.1, -0.05) is 49.4 Å². The minimum absolute atomic E-state index is 0.0388. The maximum absolute atomic E-state index is 12.8. The van der Waals surface area contributed by atoms with E-state index in [1.165, 1.54) is 10.5 Å². The molecule has 5 nitrogen and oxygen atoms in total. The van der Waals surface area contributed by atoms with Gasteiger partial charge in [0.1, 0.15) is 5.75 Å². The average Bonchev–Trinajstić information content (AvgIpc) is 2.79. The molecule has 0 aliphatic carbocycles. The van der Waals surface area contributed by atoms with Crippen LogP contribution in [0.4, 0.5) is 5.69 Å². The van der Waals surface area contributed by atoms with Gasteiger partial charge in [0.15, 0.2) is 6.04 Å². The molecule has 2 aromatic carbocycles. The van der Waals surface area contributed by atoms with E-state index < -0.39 is 0 Å². The Morgan fingerprint density at radius 2 is 1.76 bits per heavy atom. The molecule has 1 amide bonds. The molecule has 1 aliphatic heterocycles. The van der Waals surface area contributed by atoms with Gasteiger partial charge < -0.3 is 19.9 Å². The Morgan fingerprint density at radius 1 is 1.10 bits per heavy atom. The number of benzene rings is 2. The van der Waals surface area contributed by atoms with Gasteiger partial charge in [-0.3, -0.25) is 4.79 Å². The predicted octanol–water partition coefficient (Wildman–Crippen LogP) is 2.10. The van der Waals surface area contributed by atoms with Gasteiger partial charge in [0.25, 0.3) is 5.91 Å². The summed E-state index contributed by atoms with van der Waals surface area (Å²) in [6, 6.07) is 18.6. The SMILES string of the molecule is CC[C@H](CNC(=O)[C@H](C)[NH+]1CCN(c2ccccc2OC)CC1)c1ccccc1. The van der Waals surface area contributed by atoms with E-state index in [0.29, 0.717) is 12.5 Å². The summed E-state index contributed by atoms with van der Waals surface area (Å²) in [5.41, 5.74) is 2.43. The van der Waals surface area contributed by atoms with Gasteiger partial charge in [0, 0.05) is 12.5 Å². The summed E-state index contributed by atoms with van der Waals surface area (Å²) in [6.07, 6.45) is 1.02. The Hall–Kier alpha value is -2.53. The van der Waals surface area contributed by atoms with Crippen LogP contribution in [0.1, 0.15) is 31.7 Å². The quantitative estimate of drug-likeness (QED) is 0.718. The average molecular weight is 397 g/mol. The molecule has 2 atom stereocenters. The Bertz CT molecular complexity index is 773. The largest absolute Gasteiger partial charge is 0.495 e. The molecule has 0 radical (unpaired) electrons. The highest BCUT2D eigenvalue weighted by molar-refractivity contribution is 5.80. The topological polar surface area (TPSA) is 46.0 Å². The van der Waals surface area contributed by atoms with E-state index in [1.807, 2.05) is 31.2 Å². The van der Waals surface area contributed by atoms with Crippen molar-refractivity contribution in [1.29, 1.82) is 0 Å². The zero-order valence-electron chi connectivity index (χ0n) is 17.9. The van der Waals surface area contributed by atoms with E-state index in [0.717, 1.165) is 44.0 Å². The number of nitrogens with zero attached hydrogens (tertiary/aromatic N) is 1. The first kappa shape index (κ1) is 21.2. The summed E-state index contributed by atoms with van der Waals surface area (Å²) in [5.74, 6) is 1.43. The fourth-order valence-electron chi connectivity index (χ4n) is 4.14. The molecule has 1 aliphatic rings. The summed E-state index contributed by atoms with van der Waals surface area (Å²) in [6.45, 7) is 8.67. The molecule has 0 unspecified atom stereocenters. The van der Waals surface area contributed by atoms with Crippen LogP contribution in [0.3, 0.4) is 0 Å². The lowest BCUT2D eigenvalue weighted by Crippen LogP contribution is -3.19. The van der Waals surface area contributed by atoms with Crippen molar-refractivity contribution in [1.82, 2.24) is 5.32 Å². The molecule has 3 rings (SSSR count). The summed E-state index contributed by atoms with van der Waals surface area (Å²) < 4.78 is 5.50. The minimum atomic E-state index is -0.0388. The number of hydrogen-bond donors (Lipinski definition) is 2. The Morgan fingerprint density at radius 3 is 2.41 bits per heavy atom. The molecule has 0 aromatic heterocycles. The van der Waals surface area contributed by atoms with Crippen LogP contribution < -0.4 is 19.9 Å². The van der Waals surface area contributed by atoms with Crippen LogP contribution in [0.25, 0.3) is 0 Å². The third-order valence-corrected chi connectivity index (χ3v) is 6.12. The lowest BCUT2D eigenvalue weighted by atomic mass is 9.96. The molecule has 1 saturated heterocycles. The van der Waals surface area contributed by atoms with Crippen LogP contribution >= 0.6 is 0 Å². The molecule has 1 heterocycles.